The van der Waals surface area contributed by atoms with Crippen LogP contribution in [-0.4, -0.2) is 43.7 Å². The first-order valence-electron chi connectivity index (χ1n) is 8.39. The molecule has 0 heterocycles. The van der Waals surface area contributed by atoms with Gasteiger partial charge in [0.25, 0.3) is 5.91 Å². The van der Waals surface area contributed by atoms with Gasteiger partial charge >= 0.3 is 0 Å². The maximum Gasteiger partial charge on any atom is 0.253 e. The molecule has 0 aliphatic rings. The fraction of sp³-hybridized carbons (Fsp3) is 0.316. The molecule has 0 radical (unpaired) electrons. The van der Waals surface area contributed by atoms with Crippen LogP contribution in [0.1, 0.15) is 29.8 Å². The monoisotopic (exact) mass is 378 g/mol. The molecular formula is C19H23FN2O3S. The Morgan fingerprint density at radius 2 is 1.69 bits per heavy atom. The molecule has 0 N–H and O–H groups in total. The van der Waals surface area contributed by atoms with Crippen LogP contribution in [0.25, 0.3) is 0 Å². The number of rotatable bonds is 7. The molecule has 0 aliphatic heterocycles. The quantitative estimate of drug-likeness (QED) is 0.744. The van der Waals surface area contributed by atoms with E-state index in [2.05, 4.69) is 0 Å². The number of hydrogen-bond donors (Lipinski definition) is 0. The minimum absolute atomic E-state index is 0.0891. The summed E-state index contributed by atoms with van der Waals surface area (Å²) in [6, 6.07) is 12.0. The van der Waals surface area contributed by atoms with Crippen molar-refractivity contribution in [3.8, 4) is 0 Å². The largest absolute Gasteiger partial charge is 0.337 e. The SMILES string of the molecule is CCN(CC)S(=O)(=O)c1cccc(C(=O)N(C)Cc2cccc(F)c2)c1. The van der Waals surface area contributed by atoms with E-state index in [9.17, 15) is 17.6 Å². The second-order valence-electron chi connectivity index (χ2n) is 5.91. The van der Waals surface area contributed by atoms with Gasteiger partial charge in [-0.2, -0.15) is 4.31 Å². The lowest BCUT2D eigenvalue weighted by Crippen LogP contribution is -2.31. The molecule has 5 nitrogen and oxygen atoms in total. The van der Waals surface area contributed by atoms with Crippen molar-refractivity contribution in [3.05, 3.63) is 65.5 Å². The molecule has 0 saturated heterocycles. The van der Waals surface area contributed by atoms with Gasteiger partial charge in [0.1, 0.15) is 5.82 Å². The lowest BCUT2D eigenvalue weighted by molar-refractivity contribution is 0.0784. The van der Waals surface area contributed by atoms with Crippen LogP contribution in [0, 0.1) is 5.82 Å². The van der Waals surface area contributed by atoms with Crippen molar-refractivity contribution in [3.63, 3.8) is 0 Å². The van der Waals surface area contributed by atoms with Crippen LogP contribution in [0.15, 0.2) is 53.4 Å². The maximum atomic E-state index is 13.3. The molecule has 0 bridgehead atoms. The van der Waals surface area contributed by atoms with E-state index in [1.807, 2.05) is 0 Å². The number of sulfonamides is 1. The molecule has 0 unspecified atom stereocenters. The second-order valence-corrected chi connectivity index (χ2v) is 7.85. The fourth-order valence-electron chi connectivity index (χ4n) is 2.70. The Balaban J connectivity index is 2.25. The van der Waals surface area contributed by atoms with Gasteiger partial charge in [0.15, 0.2) is 0 Å². The highest BCUT2D eigenvalue weighted by Crippen LogP contribution is 2.18. The van der Waals surface area contributed by atoms with Crippen LogP contribution < -0.4 is 0 Å². The van der Waals surface area contributed by atoms with Crippen molar-refractivity contribution in [2.24, 2.45) is 0 Å². The normalized spacial score (nSPS) is 11.6. The van der Waals surface area contributed by atoms with Crippen LogP contribution in [0.4, 0.5) is 4.39 Å². The summed E-state index contributed by atoms with van der Waals surface area (Å²) in [5.74, 6) is -0.693. The standard InChI is InChI=1S/C19H23FN2O3S/c1-4-22(5-2)26(24,25)18-11-7-9-16(13-18)19(23)21(3)14-15-8-6-10-17(20)12-15/h6-13H,4-5,14H2,1-3H3. The summed E-state index contributed by atoms with van der Waals surface area (Å²) in [6.45, 7) is 4.47. The van der Waals surface area contributed by atoms with Crippen LogP contribution in [0.3, 0.4) is 0 Å². The molecule has 1 amide bonds. The van der Waals surface area contributed by atoms with E-state index in [0.29, 0.717) is 18.7 Å². The van der Waals surface area contributed by atoms with Gasteiger partial charge in [-0.25, -0.2) is 12.8 Å². The molecule has 0 spiro atoms. The Morgan fingerprint density at radius 3 is 2.31 bits per heavy atom. The maximum absolute atomic E-state index is 13.3. The molecule has 2 aromatic rings. The number of benzene rings is 2. The third-order valence-corrected chi connectivity index (χ3v) is 6.13. The number of carbonyl (C=O) groups excluding carboxylic acids is 1. The summed E-state index contributed by atoms with van der Waals surface area (Å²) in [4.78, 5) is 14.2. The van der Waals surface area contributed by atoms with E-state index in [0.717, 1.165) is 0 Å². The lowest BCUT2D eigenvalue weighted by Gasteiger charge is -2.20. The molecule has 7 heteroatoms. The van der Waals surface area contributed by atoms with Gasteiger partial charge in [-0.15, -0.1) is 0 Å². The van der Waals surface area contributed by atoms with Gasteiger partial charge in [-0.05, 0) is 35.9 Å². The topological polar surface area (TPSA) is 57.7 Å². The van der Waals surface area contributed by atoms with Crippen molar-refractivity contribution in [1.82, 2.24) is 9.21 Å². The average Bonchev–Trinajstić information content (AvgIpc) is 2.62. The van der Waals surface area contributed by atoms with E-state index < -0.39 is 10.0 Å². The smallest absolute Gasteiger partial charge is 0.253 e. The van der Waals surface area contributed by atoms with Gasteiger partial charge < -0.3 is 4.90 Å². The van der Waals surface area contributed by atoms with Crippen LogP contribution in [-0.2, 0) is 16.6 Å². The summed E-state index contributed by atoms with van der Waals surface area (Å²) >= 11 is 0. The molecular weight excluding hydrogens is 355 g/mol. The first-order chi connectivity index (χ1) is 12.3. The van der Waals surface area contributed by atoms with Crippen LogP contribution in [0.5, 0.6) is 0 Å². The molecule has 140 valence electrons. The highest BCUT2D eigenvalue weighted by molar-refractivity contribution is 7.89. The minimum atomic E-state index is -3.63. The van der Waals surface area contributed by atoms with E-state index in [-0.39, 0.29) is 28.7 Å². The van der Waals surface area contributed by atoms with Gasteiger partial charge in [-0.3, -0.25) is 4.79 Å². The molecule has 0 aromatic heterocycles. The fourth-order valence-corrected chi connectivity index (χ4v) is 4.21. The Hall–Kier alpha value is -2.25. The number of nitrogens with zero attached hydrogens (tertiary/aromatic N) is 2. The lowest BCUT2D eigenvalue weighted by atomic mass is 10.1. The summed E-state index contributed by atoms with van der Waals surface area (Å²) in [7, 11) is -2.04. The number of carbonyl (C=O) groups is 1. The van der Waals surface area contributed by atoms with Crippen molar-refractivity contribution in [2.75, 3.05) is 20.1 Å². The van der Waals surface area contributed by atoms with E-state index in [4.69, 9.17) is 0 Å². The number of halogens is 1. The molecule has 0 aliphatic carbocycles. The van der Waals surface area contributed by atoms with Gasteiger partial charge in [0, 0.05) is 32.2 Å². The minimum Gasteiger partial charge on any atom is -0.337 e. The first-order valence-corrected chi connectivity index (χ1v) is 9.83. The summed E-state index contributed by atoms with van der Waals surface area (Å²) in [6.07, 6.45) is 0. The zero-order valence-electron chi connectivity index (χ0n) is 15.1. The second kappa shape index (κ2) is 8.42. The van der Waals surface area contributed by atoms with Crippen LogP contribution >= 0.6 is 0 Å². The number of amides is 1. The van der Waals surface area contributed by atoms with Gasteiger partial charge in [0.05, 0.1) is 4.90 Å². The van der Waals surface area contributed by atoms with Crippen molar-refractivity contribution in [1.29, 1.82) is 0 Å². The Kier molecular flexibility index (Phi) is 6.50. The van der Waals surface area contributed by atoms with Crippen molar-refractivity contribution in [2.45, 2.75) is 25.3 Å². The predicted octanol–water partition coefficient (Wildman–Crippen LogP) is 3.13. The third kappa shape index (κ3) is 4.47. The zero-order chi connectivity index (χ0) is 19.3. The molecule has 0 fully saturated rings. The number of hydrogen-bond acceptors (Lipinski definition) is 3. The first kappa shape index (κ1) is 20.1. The summed E-state index contributed by atoms with van der Waals surface area (Å²) < 4.78 is 39.9. The van der Waals surface area contributed by atoms with Crippen LogP contribution in [0.2, 0.25) is 0 Å². The Morgan fingerprint density at radius 1 is 1.04 bits per heavy atom. The summed E-state index contributed by atoms with van der Waals surface area (Å²) in [5.41, 5.74) is 0.935. The highest BCUT2D eigenvalue weighted by Gasteiger charge is 2.23. The van der Waals surface area contributed by atoms with E-state index in [1.54, 1.807) is 45.2 Å². The average molecular weight is 378 g/mol. The molecule has 2 aromatic carbocycles. The molecule has 2 rings (SSSR count). The Labute approximate surface area is 154 Å². The van der Waals surface area contributed by atoms with Crippen molar-refractivity contribution < 1.29 is 17.6 Å². The summed E-state index contributed by atoms with van der Waals surface area (Å²) in [5, 5.41) is 0. The third-order valence-electron chi connectivity index (χ3n) is 4.08. The van der Waals surface area contributed by atoms with E-state index >= 15 is 0 Å². The molecule has 0 atom stereocenters. The predicted molar refractivity (Wildman–Crippen MR) is 98.7 cm³/mol. The van der Waals surface area contributed by atoms with Crippen molar-refractivity contribution >= 4 is 15.9 Å². The van der Waals surface area contributed by atoms with Gasteiger partial charge in [0.2, 0.25) is 10.0 Å². The molecule has 0 saturated carbocycles. The highest BCUT2D eigenvalue weighted by atomic mass is 32.2. The van der Waals surface area contributed by atoms with Gasteiger partial charge in [-0.1, -0.05) is 32.0 Å². The Bertz CT molecular complexity index is 880. The molecule has 26 heavy (non-hydrogen) atoms. The van der Waals surface area contributed by atoms with E-state index in [1.165, 1.54) is 33.5 Å². The zero-order valence-corrected chi connectivity index (χ0v) is 16.0.